The van der Waals surface area contributed by atoms with Crippen molar-refractivity contribution in [2.75, 3.05) is 7.11 Å². The molecule has 1 N–H and O–H groups in total. The van der Waals surface area contributed by atoms with Gasteiger partial charge < -0.3 is 9.84 Å². The SMILES string of the molecule is CCC.CO.[B][C@H]1CC[C@@H](CC)O1. The first-order valence-corrected chi connectivity index (χ1v) is 5.10. The zero-order chi connectivity index (χ0) is 10.7. The molecule has 0 unspecified atom stereocenters. The van der Waals surface area contributed by atoms with Gasteiger partial charge in [-0.05, 0) is 19.3 Å². The maximum atomic E-state index is 7.00. The lowest BCUT2D eigenvalue weighted by Gasteiger charge is -2.06. The highest BCUT2D eigenvalue weighted by Crippen LogP contribution is 2.18. The van der Waals surface area contributed by atoms with Crippen molar-refractivity contribution in [1.29, 1.82) is 0 Å². The number of aliphatic hydroxyl groups is 1. The van der Waals surface area contributed by atoms with Gasteiger partial charge >= 0.3 is 0 Å². The molecule has 2 atom stereocenters. The standard InChI is InChI=1S/C6H11BO.C3H8.CH4O/c1-2-5-3-4-6(7)8-5;1-3-2;1-2/h5-6H,2-4H2,1H3;3H2,1-2H3;2H,1H3/t5-,6-;;/m1../s1. The maximum absolute atomic E-state index is 7.00. The molecule has 0 aromatic heterocycles. The fourth-order valence-corrected chi connectivity index (χ4v) is 1.03. The van der Waals surface area contributed by atoms with E-state index in [1.165, 1.54) is 6.42 Å². The molecule has 0 aromatic carbocycles. The van der Waals surface area contributed by atoms with E-state index >= 15 is 0 Å². The summed E-state index contributed by atoms with van der Waals surface area (Å²) in [5, 5.41) is 7.00. The Labute approximate surface area is 84.1 Å². The van der Waals surface area contributed by atoms with E-state index in [9.17, 15) is 0 Å². The molecule has 1 heterocycles. The molecule has 0 bridgehead atoms. The van der Waals surface area contributed by atoms with Crippen LogP contribution in [0.5, 0.6) is 0 Å². The molecular formula is C10H23BO2. The molecule has 1 saturated heterocycles. The lowest BCUT2D eigenvalue weighted by Crippen LogP contribution is -2.08. The molecule has 1 aliphatic heterocycles. The predicted octanol–water partition coefficient (Wildman–Crippen LogP) is 2.09. The molecule has 1 fully saturated rings. The maximum Gasteiger partial charge on any atom is 0.109 e. The summed E-state index contributed by atoms with van der Waals surface area (Å²) < 4.78 is 5.29. The van der Waals surface area contributed by atoms with Crippen LogP contribution < -0.4 is 0 Å². The molecule has 0 aromatic rings. The highest BCUT2D eigenvalue weighted by atomic mass is 16.5. The largest absolute Gasteiger partial charge is 0.400 e. The predicted molar refractivity (Wildman–Crippen MR) is 58.0 cm³/mol. The van der Waals surface area contributed by atoms with Gasteiger partial charge in [0.1, 0.15) is 7.85 Å². The van der Waals surface area contributed by atoms with Gasteiger partial charge in [-0.15, -0.1) is 0 Å². The summed E-state index contributed by atoms with van der Waals surface area (Å²) in [5.74, 6) is 0. The first-order valence-electron chi connectivity index (χ1n) is 5.10. The zero-order valence-electron chi connectivity index (χ0n) is 9.42. The monoisotopic (exact) mass is 186 g/mol. The second-order valence-corrected chi connectivity index (χ2v) is 2.99. The van der Waals surface area contributed by atoms with Crippen LogP contribution in [0.25, 0.3) is 0 Å². The van der Waals surface area contributed by atoms with Gasteiger partial charge in [-0.25, -0.2) is 0 Å². The van der Waals surface area contributed by atoms with Gasteiger partial charge in [-0.3, -0.25) is 0 Å². The van der Waals surface area contributed by atoms with Gasteiger partial charge in [0, 0.05) is 13.1 Å². The van der Waals surface area contributed by atoms with Gasteiger partial charge in [-0.1, -0.05) is 27.2 Å². The third-order valence-corrected chi connectivity index (χ3v) is 1.60. The van der Waals surface area contributed by atoms with Crippen molar-refractivity contribution in [2.24, 2.45) is 0 Å². The molecule has 0 amide bonds. The Morgan fingerprint density at radius 2 is 1.69 bits per heavy atom. The van der Waals surface area contributed by atoms with Crippen LogP contribution in [0.4, 0.5) is 0 Å². The highest BCUT2D eigenvalue weighted by molar-refractivity contribution is 6.11. The summed E-state index contributed by atoms with van der Waals surface area (Å²) in [7, 11) is 6.48. The summed E-state index contributed by atoms with van der Waals surface area (Å²) in [4.78, 5) is 0. The Morgan fingerprint density at radius 3 is 1.85 bits per heavy atom. The minimum absolute atomic E-state index is 0.0277. The molecule has 2 nitrogen and oxygen atoms in total. The van der Waals surface area contributed by atoms with E-state index in [1.54, 1.807) is 0 Å². The van der Waals surface area contributed by atoms with Crippen LogP contribution in [0.1, 0.15) is 46.5 Å². The molecule has 0 saturated carbocycles. The number of aliphatic hydroxyl groups excluding tert-OH is 1. The Balaban J connectivity index is 0. The Hall–Kier alpha value is -0.0151. The molecule has 3 heteroatoms. The van der Waals surface area contributed by atoms with Gasteiger partial charge in [0.15, 0.2) is 0 Å². The van der Waals surface area contributed by atoms with Gasteiger partial charge in [0.2, 0.25) is 0 Å². The molecule has 0 spiro atoms. The van der Waals surface area contributed by atoms with E-state index in [2.05, 4.69) is 20.8 Å². The fraction of sp³-hybridized carbons (Fsp3) is 1.00. The van der Waals surface area contributed by atoms with Crippen LogP contribution >= 0.6 is 0 Å². The lowest BCUT2D eigenvalue weighted by molar-refractivity contribution is 0.0857. The van der Waals surface area contributed by atoms with Crippen molar-refractivity contribution in [3.63, 3.8) is 0 Å². The average Bonchev–Trinajstić information content (AvgIpc) is 2.56. The number of hydrogen-bond acceptors (Lipinski definition) is 2. The van der Waals surface area contributed by atoms with Gasteiger partial charge in [0.25, 0.3) is 0 Å². The number of rotatable bonds is 1. The number of ether oxygens (including phenoxy) is 1. The van der Waals surface area contributed by atoms with E-state index < -0.39 is 0 Å². The smallest absolute Gasteiger partial charge is 0.109 e. The minimum Gasteiger partial charge on any atom is -0.400 e. The molecule has 13 heavy (non-hydrogen) atoms. The molecular weight excluding hydrogens is 163 g/mol. The topological polar surface area (TPSA) is 29.5 Å². The lowest BCUT2D eigenvalue weighted by atomic mass is 9.97. The third-order valence-electron chi connectivity index (χ3n) is 1.60. The van der Waals surface area contributed by atoms with Crippen LogP contribution in [0.2, 0.25) is 0 Å². The summed E-state index contributed by atoms with van der Waals surface area (Å²) in [5.41, 5.74) is 0. The van der Waals surface area contributed by atoms with Crippen molar-refractivity contribution in [1.82, 2.24) is 0 Å². The Morgan fingerprint density at radius 1 is 1.23 bits per heavy atom. The van der Waals surface area contributed by atoms with Gasteiger partial charge in [0.05, 0.1) is 6.10 Å². The molecule has 78 valence electrons. The van der Waals surface area contributed by atoms with Crippen LogP contribution in [-0.4, -0.2) is 32.2 Å². The van der Waals surface area contributed by atoms with Crippen molar-refractivity contribution >= 4 is 7.85 Å². The quantitative estimate of drug-likeness (QED) is 0.635. The Kier molecular flexibility index (Phi) is 14.2. The van der Waals surface area contributed by atoms with Gasteiger partial charge in [-0.2, -0.15) is 0 Å². The average molecular weight is 186 g/mol. The van der Waals surface area contributed by atoms with Crippen LogP contribution in [0.15, 0.2) is 0 Å². The zero-order valence-corrected chi connectivity index (χ0v) is 9.42. The normalized spacial score (nSPS) is 25.3. The fourth-order valence-electron chi connectivity index (χ4n) is 1.03. The number of hydrogen-bond donors (Lipinski definition) is 1. The Bertz CT molecular complexity index is 89.0. The first-order chi connectivity index (χ1) is 6.24. The highest BCUT2D eigenvalue weighted by Gasteiger charge is 2.18. The minimum atomic E-state index is 0.0277. The second-order valence-electron chi connectivity index (χ2n) is 2.99. The van der Waals surface area contributed by atoms with Crippen molar-refractivity contribution < 1.29 is 9.84 Å². The van der Waals surface area contributed by atoms with Crippen molar-refractivity contribution in [2.45, 2.75) is 58.6 Å². The van der Waals surface area contributed by atoms with Crippen molar-refractivity contribution in [3.8, 4) is 0 Å². The van der Waals surface area contributed by atoms with Crippen molar-refractivity contribution in [3.05, 3.63) is 0 Å². The van der Waals surface area contributed by atoms with E-state index in [0.717, 1.165) is 26.4 Å². The molecule has 1 rings (SSSR count). The molecule has 1 aliphatic rings. The van der Waals surface area contributed by atoms with Crippen LogP contribution in [0, 0.1) is 0 Å². The van der Waals surface area contributed by atoms with Crippen LogP contribution in [-0.2, 0) is 4.74 Å². The third kappa shape index (κ3) is 9.90. The second kappa shape index (κ2) is 12.0. The summed E-state index contributed by atoms with van der Waals surface area (Å²) in [6.45, 7) is 6.38. The van der Waals surface area contributed by atoms with Crippen LogP contribution in [0.3, 0.4) is 0 Å². The summed E-state index contributed by atoms with van der Waals surface area (Å²) >= 11 is 0. The molecule has 2 radical (unpaired) electrons. The van der Waals surface area contributed by atoms with E-state index in [-0.39, 0.29) is 6.00 Å². The first kappa shape index (κ1) is 15.5. The van der Waals surface area contributed by atoms with E-state index in [0.29, 0.717) is 6.10 Å². The summed E-state index contributed by atoms with van der Waals surface area (Å²) in [6, 6.07) is 0.0277. The van der Waals surface area contributed by atoms with E-state index in [4.69, 9.17) is 17.7 Å². The van der Waals surface area contributed by atoms with E-state index in [1.807, 2.05) is 0 Å². The molecule has 0 aliphatic carbocycles. The summed E-state index contributed by atoms with van der Waals surface area (Å²) in [6.07, 6.45) is 4.99.